The summed E-state index contributed by atoms with van der Waals surface area (Å²) in [6.45, 7) is 0.810. The number of nitrogens with zero attached hydrogens (tertiary/aromatic N) is 1. The van der Waals surface area contributed by atoms with Gasteiger partial charge >= 0.3 is 11.8 Å². The average molecular weight is 200 g/mol. The Bertz CT molecular complexity index is 266. The second-order valence-electron chi connectivity index (χ2n) is 2.90. The fourth-order valence-corrected chi connectivity index (χ4v) is 1.18. The van der Waals surface area contributed by atoms with Crippen LogP contribution in [0.15, 0.2) is 0 Å². The first-order valence-corrected chi connectivity index (χ1v) is 4.21. The standard InChI is InChI=1S/C7H12N4O3/c8-10-6(13)7(14)11-3-1-2-9-5(12)4-11/h1-4,8H2,(H,9,12)(H,10,13). The van der Waals surface area contributed by atoms with Crippen LogP contribution in [0.5, 0.6) is 0 Å². The van der Waals surface area contributed by atoms with Crippen molar-refractivity contribution in [2.45, 2.75) is 6.42 Å². The Kier molecular flexibility index (Phi) is 3.41. The fraction of sp³-hybridized carbons (Fsp3) is 0.571. The number of hydrazine groups is 1. The largest absolute Gasteiger partial charge is 0.354 e. The lowest BCUT2D eigenvalue weighted by molar-refractivity contribution is -0.146. The number of rotatable bonds is 0. The minimum atomic E-state index is -0.903. The molecule has 0 saturated carbocycles. The van der Waals surface area contributed by atoms with E-state index in [0.717, 1.165) is 0 Å². The van der Waals surface area contributed by atoms with E-state index >= 15 is 0 Å². The molecule has 0 spiro atoms. The molecule has 0 aromatic heterocycles. The molecule has 14 heavy (non-hydrogen) atoms. The van der Waals surface area contributed by atoms with Crippen molar-refractivity contribution in [2.75, 3.05) is 19.6 Å². The topological polar surface area (TPSA) is 105 Å². The Morgan fingerprint density at radius 1 is 1.50 bits per heavy atom. The fourth-order valence-electron chi connectivity index (χ4n) is 1.18. The monoisotopic (exact) mass is 200 g/mol. The number of hydrogen-bond acceptors (Lipinski definition) is 4. The molecule has 1 rings (SSSR count). The zero-order valence-corrected chi connectivity index (χ0v) is 7.58. The van der Waals surface area contributed by atoms with E-state index in [9.17, 15) is 14.4 Å². The lowest BCUT2D eigenvalue weighted by Gasteiger charge is -2.17. The third-order valence-corrected chi connectivity index (χ3v) is 1.87. The molecule has 1 heterocycles. The van der Waals surface area contributed by atoms with Gasteiger partial charge in [-0.05, 0) is 6.42 Å². The van der Waals surface area contributed by atoms with Gasteiger partial charge < -0.3 is 10.2 Å². The second-order valence-corrected chi connectivity index (χ2v) is 2.90. The molecule has 1 aliphatic rings. The van der Waals surface area contributed by atoms with Crippen LogP contribution >= 0.6 is 0 Å². The summed E-state index contributed by atoms with van der Waals surface area (Å²) < 4.78 is 0. The Morgan fingerprint density at radius 3 is 2.86 bits per heavy atom. The SMILES string of the molecule is NNC(=O)C(=O)N1CCCNC(=O)C1. The maximum Gasteiger partial charge on any atom is 0.323 e. The summed E-state index contributed by atoms with van der Waals surface area (Å²) >= 11 is 0. The van der Waals surface area contributed by atoms with Crippen LogP contribution in [0, 0.1) is 0 Å². The summed E-state index contributed by atoms with van der Waals surface area (Å²) in [6, 6.07) is 0. The molecule has 1 saturated heterocycles. The van der Waals surface area contributed by atoms with Crippen molar-refractivity contribution in [3.8, 4) is 0 Å². The summed E-state index contributed by atoms with van der Waals surface area (Å²) in [4.78, 5) is 34.4. The highest BCUT2D eigenvalue weighted by atomic mass is 16.2. The molecule has 0 aromatic carbocycles. The van der Waals surface area contributed by atoms with Gasteiger partial charge in [-0.3, -0.25) is 19.8 Å². The van der Waals surface area contributed by atoms with E-state index in [-0.39, 0.29) is 12.5 Å². The Labute approximate surface area is 80.6 Å². The van der Waals surface area contributed by atoms with Gasteiger partial charge in [0.25, 0.3) is 0 Å². The van der Waals surface area contributed by atoms with Crippen LogP contribution in [0.25, 0.3) is 0 Å². The number of amides is 3. The van der Waals surface area contributed by atoms with Crippen LogP contribution in [0.4, 0.5) is 0 Å². The maximum atomic E-state index is 11.3. The van der Waals surface area contributed by atoms with Crippen molar-refractivity contribution in [2.24, 2.45) is 5.84 Å². The van der Waals surface area contributed by atoms with Crippen molar-refractivity contribution in [1.82, 2.24) is 15.6 Å². The zero-order valence-electron chi connectivity index (χ0n) is 7.58. The number of nitrogens with two attached hydrogens (primary N) is 1. The van der Waals surface area contributed by atoms with Crippen molar-refractivity contribution < 1.29 is 14.4 Å². The molecule has 4 N–H and O–H groups in total. The van der Waals surface area contributed by atoms with E-state index in [2.05, 4.69) is 5.32 Å². The molecule has 0 aromatic rings. The van der Waals surface area contributed by atoms with Gasteiger partial charge in [0, 0.05) is 13.1 Å². The number of carbonyl (C=O) groups is 3. The van der Waals surface area contributed by atoms with Crippen molar-refractivity contribution in [3.63, 3.8) is 0 Å². The van der Waals surface area contributed by atoms with Gasteiger partial charge in [-0.25, -0.2) is 5.84 Å². The minimum absolute atomic E-state index is 0.0910. The molecule has 1 aliphatic heterocycles. The summed E-state index contributed by atoms with van der Waals surface area (Å²) in [5.41, 5.74) is 1.74. The maximum absolute atomic E-state index is 11.3. The predicted molar refractivity (Wildman–Crippen MR) is 46.5 cm³/mol. The van der Waals surface area contributed by atoms with Crippen LogP contribution in [0.1, 0.15) is 6.42 Å². The zero-order chi connectivity index (χ0) is 10.6. The summed E-state index contributed by atoms with van der Waals surface area (Å²) in [5, 5.41) is 2.59. The van der Waals surface area contributed by atoms with Crippen molar-refractivity contribution in [3.05, 3.63) is 0 Å². The molecular weight excluding hydrogens is 188 g/mol. The molecule has 7 nitrogen and oxygen atoms in total. The third kappa shape index (κ3) is 2.43. The predicted octanol–water partition coefficient (Wildman–Crippen LogP) is -2.68. The van der Waals surface area contributed by atoms with Gasteiger partial charge in [-0.2, -0.15) is 0 Å². The molecule has 0 atom stereocenters. The summed E-state index contributed by atoms with van der Waals surface area (Å²) in [6.07, 6.45) is 0.634. The van der Waals surface area contributed by atoms with E-state index in [1.54, 1.807) is 5.43 Å². The Morgan fingerprint density at radius 2 is 2.21 bits per heavy atom. The van der Waals surface area contributed by atoms with Crippen LogP contribution in [-0.2, 0) is 14.4 Å². The first-order valence-electron chi connectivity index (χ1n) is 4.21. The van der Waals surface area contributed by atoms with Gasteiger partial charge in [0.15, 0.2) is 0 Å². The molecule has 0 bridgehead atoms. The van der Waals surface area contributed by atoms with Gasteiger partial charge in [-0.15, -0.1) is 0 Å². The molecule has 78 valence electrons. The number of nitrogens with one attached hydrogen (secondary N) is 2. The lowest BCUT2D eigenvalue weighted by Crippen LogP contribution is -2.47. The highest BCUT2D eigenvalue weighted by Gasteiger charge is 2.24. The third-order valence-electron chi connectivity index (χ3n) is 1.87. The molecule has 3 amide bonds. The van der Waals surface area contributed by atoms with Gasteiger partial charge in [0.1, 0.15) is 0 Å². The average Bonchev–Trinajstić information content (AvgIpc) is 2.40. The molecule has 1 fully saturated rings. The van der Waals surface area contributed by atoms with Crippen LogP contribution < -0.4 is 16.6 Å². The van der Waals surface area contributed by atoms with Gasteiger partial charge in [0.05, 0.1) is 6.54 Å². The molecule has 7 heteroatoms. The second kappa shape index (κ2) is 4.56. The molecule has 0 unspecified atom stereocenters. The smallest absolute Gasteiger partial charge is 0.323 e. The van der Waals surface area contributed by atoms with E-state index in [0.29, 0.717) is 19.5 Å². The van der Waals surface area contributed by atoms with Crippen molar-refractivity contribution in [1.29, 1.82) is 0 Å². The lowest BCUT2D eigenvalue weighted by atomic mass is 10.4. The van der Waals surface area contributed by atoms with Crippen molar-refractivity contribution >= 4 is 17.7 Å². The van der Waals surface area contributed by atoms with Crippen LogP contribution in [-0.4, -0.2) is 42.3 Å². The van der Waals surface area contributed by atoms with E-state index < -0.39 is 11.8 Å². The normalized spacial score (nSPS) is 16.9. The van der Waals surface area contributed by atoms with Gasteiger partial charge in [0.2, 0.25) is 5.91 Å². The van der Waals surface area contributed by atoms with Crippen LogP contribution in [0.3, 0.4) is 0 Å². The highest BCUT2D eigenvalue weighted by Crippen LogP contribution is 1.96. The first-order chi connectivity index (χ1) is 6.65. The van der Waals surface area contributed by atoms with E-state index in [4.69, 9.17) is 5.84 Å². The van der Waals surface area contributed by atoms with Crippen LogP contribution in [0.2, 0.25) is 0 Å². The van der Waals surface area contributed by atoms with E-state index in [1.807, 2.05) is 0 Å². The summed E-state index contributed by atoms with van der Waals surface area (Å²) in [5.74, 6) is 2.87. The summed E-state index contributed by atoms with van der Waals surface area (Å²) in [7, 11) is 0. The highest BCUT2D eigenvalue weighted by molar-refractivity contribution is 6.35. The van der Waals surface area contributed by atoms with E-state index in [1.165, 1.54) is 4.90 Å². The first kappa shape index (κ1) is 10.5. The molecule has 0 radical (unpaired) electrons. The molecular formula is C7H12N4O3. The molecule has 0 aliphatic carbocycles. The quantitative estimate of drug-likeness (QED) is 0.171. The number of hydrogen-bond donors (Lipinski definition) is 3. The van der Waals surface area contributed by atoms with Gasteiger partial charge in [-0.1, -0.05) is 0 Å². The number of carbonyl (C=O) groups excluding carboxylic acids is 3. The minimum Gasteiger partial charge on any atom is -0.354 e. The Hall–Kier alpha value is -1.63. The Balaban J connectivity index is 2.61.